The van der Waals surface area contributed by atoms with Crippen LogP contribution < -0.4 is 5.48 Å². The first-order valence-corrected chi connectivity index (χ1v) is 11.1. The van der Waals surface area contributed by atoms with Gasteiger partial charge in [0, 0.05) is 13.0 Å². The monoisotopic (exact) mass is 355 g/mol. The lowest BCUT2D eigenvalue weighted by atomic mass is 10.0. The van der Waals surface area contributed by atoms with E-state index in [0.29, 0.717) is 12.3 Å². The lowest BCUT2D eigenvalue weighted by Crippen LogP contribution is -2.23. The minimum atomic E-state index is -0.115. The molecule has 0 rings (SSSR count). The summed E-state index contributed by atoms with van der Waals surface area (Å²) in [6, 6.07) is 0. The van der Waals surface area contributed by atoms with E-state index in [1.807, 2.05) is 0 Å². The van der Waals surface area contributed by atoms with Gasteiger partial charge in [0.25, 0.3) is 0 Å². The molecule has 0 aromatic heterocycles. The SMILES string of the molecule is CCCCCCCCCCCCCCCCCC(=O)ONCC(C)C. The molecule has 0 radical (unpaired) electrons. The van der Waals surface area contributed by atoms with Crippen molar-refractivity contribution in [2.45, 2.75) is 124 Å². The van der Waals surface area contributed by atoms with Gasteiger partial charge in [-0.3, -0.25) is 4.79 Å². The highest BCUT2D eigenvalue weighted by molar-refractivity contribution is 5.68. The van der Waals surface area contributed by atoms with Crippen molar-refractivity contribution in [1.29, 1.82) is 0 Å². The van der Waals surface area contributed by atoms with E-state index in [1.54, 1.807) is 0 Å². The van der Waals surface area contributed by atoms with Crippen LogP contribution in [0.4, 0.5) is 0 Å². The van der Waals surface area contributed by atoms with Crippen molar-refractivity contribution in [3.8, 4) is 0 Å². The Morgan fingerprint density at radius 2 is 1.12 bits per heavy atom. The highest BCUT2D eigenvalue weighted by Gasteiger charge is 2.03. The van der Waals surface area contributed by atoms with Gasteiger partial charge in [0.05, 0.1) is 0 Å². The first kappa shape index (κ1) is 24.4. The highest BCUT2D eigenvalue weighted by Crippen LogP contribution is 2.13. The molecule has 0 atom stereocenters. The fourth-order valence-electron chi connectivity index (χ4n) is 2.98. The Morgan fingerprint density at radius 1 is 0.720 bits per heavy atom. The standard InChI is InChI=1S/C22H45NO2/c1-4-5-6-7-8-9-10-11-12-13-14-15-16-17-18-19-22(24)25-23-20-21(2)3/h21,23H,4-20H2,1-3H3. The van der Waals surface area contributed by atoms with E-state index >= 15 is 0 Å². The van der Waals surface area contributed by atoms with Gasteiger partial charge in [-0.25, -0.2) is 0 Å². The van der Waals surface area contributed by atoms with Gasteiger partial charge < -0.3 is 4.84 Å². The van der Waals surface area contributed by atoms with Crippen molar-refractivity contribution < 1.29 is 9.63 Å². The van der Waals surface area contributed by atoms with E-state index < -0.39 is 0 Å². The van der Waals surface area contributed by atoms with Gasteiger partial charge in [-0.15, -0.1) is 0 Å². The maximum atomic E-state index is 11.5. The molecule has 25 heavy (non-hydrogen) atoms. The number of rotatable bonds is 19. The van der Waals surface area contributed by atoms with Crippen LogP contribution in [0.1, 0.15) is 124 Å². The molecule has 0 spiro atoms. The predicted molar refractivity (Wildman–Crippen MR) is 108 cm³/mol. The molecule has 0 bridgehead atoms. The molecule has 0 fully saturated rings. The number of hydrogen-bond donors (Lipinski definition) is 1. The summed E-state index contributed by atoms with van der Waals surface area (Å²) < 4.78 is 0. The molecule has 0 amide bonds. The second-order valence-electron chi connectivity index (χ2n) is 7.92. The minimum absolute atomic E-state index is 0.115. The third-order valence-corrected chi connectivity index (χ3v) is 4.66. The number of hydroxylamine groups is 1. The average Bonchev–Trinajstić information content (AvgIpc) is 2.58. The van der Waals surface area contributed by atoms with Gasteiger partial charge >= 0.3 is 5.97 Å². The van der Waals surface area contributed by atoms with E-state index in [-0.39, 0.29) is 5.97 Å². The molecule has 0 saturated heterocycles. The average molecular weight is 356 g/mol. The van der Waals surface area contributed by atoms with E-state index in [1.165, 1.54) is 83.5 Å². The quantitative estimate of drug-likeness (QED) is 0.201. The summed E-state index contributed by atoms with van der Waals surface area (Å²) in [4.78, 5) is 16.5. The molecule has 0 aliphatic rings. The predicted octanol–water partition coefficient (Wildman–Crippen LogP) is 6.95. The molecule has 0 heterocycles. The van der Waals surface area contributed by atoms with Crippen LogP contribution in [0.25, 0.3) is 0 Å². The van der Waals surface area contributed by atoms with Crippen LogP contribution in [0.5, 0.6) is 0 Å². The van der Waals surface area contributed by atoms with Gasteiger partial charge in [-0.1, -0.05) is 111 Å². The summed E-state index contributed by atoms with van der Waals surface area (Å²) in [5, 5.41) is 0. The van der Waals surface area contributed by atoms with Crippen LogP contribution in [-0.2, 0) is 9.63 Å². The van der Waals surface area contributed by atoms with Crippen LogP contribution in [0, 0.1) is 5.92 Å². The lowest BCUT2D eigenvalue weighted by Gasteiger charge is -2.07. The molecule has 0 unspecified atom stereocenters. The van der Waals surface area contributed by atoms with Crippen molar-refractivity contribution in [3.05, 3.63) is 0 Å². The molecule has 3 heteroatoms. The highest BCUT2D eigenvalue weighted by atomic mass is 16.7. The number of nitrogens with one attached hydrogen (secondary N) is 1. The maximum Gasteiger partial charge on any atom is 0.324 e. The Kier molecular flexibility index (Phi) is 19.3. The molecular weight excluding hydrogens is 310 g/mol. The van der Waals surface area contributed by atoms with E-state index in [4.69, 9.17) is 4.84 Å². The summed E-state index contributed by atoms with van der Waals surface area (Å²) in [5.74, 6) is 0.383. The van der Waals surface area contributed by atoms with Crippen molar-refractivity contribution >= 4 is 5.97 Å². The molecule has 0 aromatic rings. The zero-order chi connectivity index (χ0) is 18.6. The third kappa shape index (κ3) is 21.4. The Bertz CT molecular complexity index is 279. The van der Waals surface area contributed by atoms with E-state index in [0.717, 1.165) is 19.4 Å². The van der Waals surface area contributed by atoms with Crippen LogP contribution in [0.15, 0.2) is 0 Å². The number of carbonyl (C=O) groups excluding carboxylic acids is 1. The zero-order valence-corrected chi connectivity index (χ0v) is 17.4. The van der Waals surface area contributed by atoms with Crippen LogP contribution in [-0.4, -0.2) is 12.5 Å². The second kappa shape index (κ2) is 19.8. The van der Waals surface area contributed by atoms with Crippen molar-refractivity contribution in [1.82, 2.24) is 5.48 Å². The fourth-order valence-corrected chi connectivity index (χ4v) is 2.98. The van der Waals surface area contributed by atoms with Crippen molar-refractivity contribution in [2.75, 3.05) is 6.54 Å². The Morgan fingerprint density at radius 3 is 1.52 bits per heavy atom. The van der Waals surface area contributed by atoms with Gasteiger partial charge in [0.1, 0.15) is 0 Å². The van der Waals surface area contributed by atoms with Crippen LogP contribution in [0.2, 0.25) is 0 Å². The summed E-state index contributed by atoms with van der Waals surface area (Å²) in [5.41, 5.74) is 2.74. The van der Waals surface area contributed by atoms with Gasteiger partial charge in [0.15, 0.2) is 0 Å². The van der Waals surface area contributed by atoms with Gasteiger partial charge in [0.2, 0.25) is 0 Å². The topological polar surface area (TPSA) is 38.3 Å². The molecule has 0 aromatic carbocycles. The summed E-state index contributed by atoms with van der Waals surface area (Å²) in [6.07, 6.45) is 20.7. The molecule has 3 nitrogen and oxygen atoms in total. The van der Waals surface area contributed by atoms with Crippen molar-refractivity contribution in [3.63, 3.8) is 0 Å². The smallest absolute Gasteiger partial charge is 0.324 e. The van der Waals surface area contributed by atoms with Crippen molar-refractivity contribution in [2.24, 2.45) is 5.92 Å². The number of hydrogen-bond acceptors (Lipinski definition) is 3. The minimum Gasteiger partial charge on any atom is -0.371 e. The summed E-state index contributed by atoms with van der Waals surface area (Å²) >= 11 is 0. The second-order valence-corrected chi connectivity index (χ2v) is 7.92. The molecular formula is C22H45NO2. The van der Waals surface area contributed by atoms with E-state index in [2.05, 4.69) is 26.3 Å². The fraction of sp³-hybridized carbons (Fsp3) is 0.955. The van der Waals surface area contributed by atoms with E-state index in [9.17, 15) is 4.79 Å². The molecule has 0 aliphatic heterocycles. The Labute approximate surface area is 157 Å². The largest absolute Gasteiger partial charge is 0.371 e. The Balaban J connectivity index is 3.10. The first-order valence-electron chi connectivity index (χ1n) is 11.1. The van der Waals surface area contributed by atoms with Gasteiger partial charge in [-0.2, -0.15) is 5.48 Å². The van der Waals surface area contributed by atoms with Crippen LogP contribution >= 0.6 is 0 Å². The first-order chi connectivity index (χ1) is 12.2. The molecule has 0 aliphatic carbocycles. The Hall–Kier alpha value is -0.570. The zero-order valence-electron chi connectivity index (χ0n) is 17.4. The normalized spacial score (nSPS) is 11.2. The van der Waals surface area contributed by atoms with Crippen LogP contribution in [0.3, 0.4) is 0 Å². The lowest BCUT2D eigenvalue weighted by molar-refractivity contribution is -0.151. The van der Waals surface area contributed by atoms with Gasteiger partial charge in [-0.05, 0) is 12.3 Å². The maximum absolute atomic E-state index is 11.5. The summed E-state index contributed by atoms with van der Waals surface area (Å²) in [6.45, 7) is 7.19. The third-order valence-electron chi connectivity index (χ3n) is 4.66. The number of unbranched alkanes of at least 4 members (excludes halogenated alkanes) is 14. The molecule has 150 valence electrons. The molecule has 0 saturated carbocycles. The molecule has 1 N–H and O–H groups in total. The summed E-state index contributed by atoms with van der Waals surface area (Å²) in [7, 11) is 0. The number of carbonyl (C=O) groups is 1.